The maximum atomic E-state index is 4.77. The molecule has 0 N–H and O–H groups in total. The summed E-state index contributed by atoms with van der Waals surface area (Å²) in [4.78, 5) is 14.3. The van der Waals surface area contributed by atoms with E-state index in [0.717, 1.165) is 67.1 Å². The minimum absolute atomic E-state index is 1.11. The number of rotatable bonds is 10. The van der Waals surface area contributed by atoms with Gasteiger partial charge in [0.2, 0.25) is 0 Å². The van der Waals surface area contributed by atoms with Gasteiger partial charge in [0.1, 0.15) is 0 Å². The summed E-state index contributed by atoms with van der Waals surface area (Å²) in [6, 6.07) is 150. The highest BCUT2D eigenvalue weighted by molar-refractivity contribution is 6.21. The summed E-state index contributed by atoms with van der Waals surface area (Å²) < 4.78 is 14.1. The van der Waals surface area contributed by atoms with Crippen molar-refractivity contribution in [3.05, 3.63) is 456 Å². The second-order valence-corrected chi connectivity index (χ2v) is 31.8. The fraction of sp³-hybridized carbons (Fsp3) is 0. The van der Waals surface area contributed by atoms with Crippen LogP contribution in [0.4, 0.5) is 0 Å². The quantitative estimate of drug-likeness (QED) is 0.137. The van der Waals surface area contributed by atoms with Gasteiger partial charge in [-0.2, -0.15) is 0 Å². The molecule has 9 aromatic heterocycles. The summed E-state index contributed by atoms with van der Waals surface area (Å²) in [5.41, 5.74) is 30.3. The summed E-state index contributed by atoms with van der Waals surface area (Å²) >= 11 is 0. The van der Waals surface area contributed by atoms with Crippen LogP contribution in [0.15, 0.2) is 456 Å². The topological polar surface area (TPSA) is 68.2 Å². The summed E-state index contributed by atoms with van der Waals surface area (Å²) in [7, 11) is 0. The first-order valence-electron chi connectivity index (χ1n) is 42.2. The highest BCUT2D eigenvalue weighted by atomic mass is 15.0. The molecule has 9 heteroatoms. The zero-order chi connectivity index (χ0) is 81.7. The highest BCUT2D eigenvalue weighted by Crippen LogP contribution is 2.46. The zero-order valence-electron chi connectivity index (χ0n) is 67.3. The Morgan fingerprint density at radius 1 is 0.137 bits per heavy atom. The van der Waals surface area contributed by atoms with Crippen LogP contribution in [-0.2, 0) is 0 Å². The Kier molecular flexibility index (Phi) is 17.1. The van der Waals surface area contributed by atoms with Crippen LogP contribution in [0, 0.1) is 0 Å². The lowest BCUT2D eigenvalue weighted by Crippen LogP contribution is -1.94. The summed E-state index contributed by atoms with van der Waals surface area (Å²) in [5, 5.41) is 17.3. The van der Waals surface area contributed by atoms with Crippen LogP contribution in [-0.4, -0.2) is 42.4 Å². The van der Waals surface area contributed by atoms with Crippen LogP contribution in [0.25, 0.3) is 220 Å². The first-order chi connectivity index (χ1) is 61.6. The standard InChI is InChI=1S/C41H27N3.C39H25N3.C35H23N3/c1-3-11-28(12-4-1)29-19-22-32(23-20-29)43-37-17-9-7-15-33(37)35-25-30(21-24-39(35)43)36-26-42-27-40-41(36)34-16-8-10-18-38(34)44(40)31-13-5-2-6-14-31;1-2-12-29(13-3-1)41-36-17-9-7-15-32(36)39-34(24-40-25-38(39)41)28-19-21-37-33(23-28)31-14-6-8-16-35(31)42(37)30-20-18-26-10-4-5-11-27(26)22-30;1-3-11-25(12-4-1)37-31-17-9-7-15-27(31)29-21-24(19-20-33(29)37)30-22-36-23-34-35(30)28-16-8-10-18-32(28)38(34)26-13-5-2-6-14-26/h1-27H;1-25H;1-23H. The molecule has 0 aliphatic heterocycles. The average Bonchev–Trinajstić information content (AvgIpc) is 1.58. The molecule has 0 aliphatic rings. The third-order valence-corrected chi connectivity index (χ3v) is 25.0. The molecule has 0 bridgehead atoms. The fourth-order valence-electron chi connectivity index (χ4n) is 19.5. The van der Waals surface area contributed by atoms with E-state index < -0.39 is 0 Å². The Labute approximate surface area is 713 Å². The van der Waals surface area contributed by atoms with Crippen LogP contribution in [0.2, 0.25) is 0 Å². The second-order valence-electron chi connectivity index (χ2n) is 31.8. The molecular formula is C115H75N9. The number of pyridine rings is 3. The molecule has 0 saturated heterocycles. The summed E-state index contributed by atoms with van der Waals surface area (Å²) in [5.74, 6) is 0. The molecule has 124 heavy (non-hydrogen) atoms. The van der Waals surface area contributed by atoms with Crippen molar-refractivity contribution in [1.82, 2.24) is 42.4 Å². The highest BCUT2D eigenvalue weighted by Gasteiger charge is 2.24. The Morgan fingerprint density at radius 2 is 0.379 bits per heavy atom. The predicted molar refractivity (Wildman–Crippen MR) is 518 cm³/mol. The van der Waals surface area contributed by atoms with E-state index in [1.54, 1.807) is 0 Å². The summed E-state index contributed by atoms with van der Waals surface area (Å²) in [6.45, 7) is 0. The van der Waals surface area contributed by atoms with Gasteiger partial charge < -0.3 is 27.4 Å². The van der Waals surface area contributed by atoms with Crippen molar-refractivity contribution in [3.8, 4) is 78.6 Å². The number of nitrogens with zero attached hydrogens (tertiary/aromatic N) is 9. The normalized spacial score (nSPS) is 11.7. The minimum atomic E-state index is 1.11. The lowest BCUT2D eigenvalue weighted by atomic mass is 9.99. The molecule has 580 valence electrons. The number of para-hydroxylation sites is 10. The van der Waals surface area contributed by atoms with E-state index in [1.807, 2.05) is 37.2 Å². The minimum Gasteiger partial charge on any atom is -0.309 e. The van der Waals surface area contributed by atoms with Gasteiger partial charge in [-0.05, 0) is 184 Å². The Balaban J connectivity index is 0.000000105. The molecule has 9 heterocycles. The molecule has 26 rings (SSSR count). The fourth-order valence-corrected chi connectivity index (χ4v) is 19.5. The van der Waals surface area contributed by atoms with Crippen LogP contribution >= 0.6 is 0 Å². The molecule has 17 aromatic carbocycles. The maximum Gasteiger partial charge on any atom is 0.0730 e. The van der Waals surface area contributed by atoms with Gasteiger partial charge in [-0.1, -0.05) is 273 Å². The molecule has 0 radical (unpaired) electrons. The van der Waals surface area contributed by atoms with Gasteiger partial charge in [-0.3, -0.25) is 15.0 Å². The zero-order valence-corrected chi connectivity index (χ0v) is 67.3. The molecule has 9 nitrogen and oxygen atoms in total. The maximum absolute atomic E-state index is 4.77. The molecule has 0 saturated carbocycles. The van der Waals surface area contributed by atoms with Gasteiger partial charge in [-0.25, -0.2) is 0 Å². The van der Waals surface area contributed by atoms with Gasteiger partial charge in [0.25, 0.3) is 0 Å². The van der Waals surface area contributed by atoms with Crippen molar-refractivity contribution in [2.45, 2.75) is 0 Å². The third-order valence-electron chi connectivity index (χ3n) is 25.0. The molecule has 0 amide bonds. The van der Waals surface area contributed by atoms with E-state index in [0.29, 0.717) is 0 Å². The van der Waals surface area contributed by atoms with Crippen LogP contribution in [0.1, 0.15) is 0 Å². The second kappa shape index (κ2) is 29.6. The van der Waals surface area contributed by atoms with Crippen LogP contribution in [0.3, 0.4) is 0 Å². The SMILES string of the molecule is c1ccc(-c2ccc(-n3c4ccccc4c4cc(-c5cncc6c5c5ccccc5n6-c5ccccc5)ccc43)cc2)cc1.c1ccc(-n2c3ccccc3c3c(-c4ccc5c(c4)c4ccccc4n5-c4ccc5ccccc5c4)cncc32)cc1.c1ccc(-n2c3ccccc3c3cc(-c4cncc5c4c4ccccc4n5-c4ccccc4)ccc32)cc1. The Hall–Kier alpha value is -16.8. The molecule has 0 unspecified atom stereocenters. The average molecular weight is 1580 g/mol. The Bertz CT molecular complexity index is 8650. The van der Waals surface area contributed by atoms with Gasteiger partial charge in [0.15, 0.2) is 0 Å². The van der Waals surface area contributed by atoms with E-state index in [-0.39, 0.29) is 0 Å². The van der Waals surface area contributed by atoms with Crippen molar-refractivity contribution in [2.75, 3.05) is 0 Å². The van der Waals surface area contributed by atoms with Gasteiger partial charge in [0.05, 0.1) is 84.8 Å². The molecule has 26 aromatic rings. The van der Waals surface area contributed by atoms with Gasteiger partial charge >= 0.3 is 0 Å². The number of benzene rings is 17. The predicted octanol–water partition coefficient (Wildman–Crippen LogP) is 29.6. The van der Waals surface area contributed by atoms with Crippen LogP contribution < -0.4 is 0 Å². The number of fused-ring (bicyclic) bond motifs is 19. The molecule has 0 aliphatic carbocycles. The third kappa shape index (κ3) is 11.7. The summed E-state index contributed by atoms with van der Waals surface area (Å²) in [6.07, 6.45) is 12.0. The smallest absolute Gasteiger partial charge is 0.0730 e. The molecule has 0 fully saturated rings. The first kappa shape index (κ1) is 71.4. The van der Waals surface area contributed by atoms with E-state index in [2.05, 4.69) is 446 Å². The van der Waals surface area contributed by atoms with Crippen molar-refractivity contribution >= 4 is 142 Å². The number of hydrogen-bond acceptors (Lipinski definition) is 3. The van der Waals surface area contributed by atoms with Gasteiger partial charge in [-0.15, -0.1) is 0 Å². The molecular weight excluding hydrogens is 1510 g/mol. The lowest BCUT2D eigenvalue weighted by Gasteiger charge is -2.10. The Morgan fingerprint density at radius 3 is 0.734 bits per heavy atom. The van der Waals surface area contributed by atoms with E-state index in [1.165, 1.54) is 153 Å². The van der Waals surface area contributed by atoms with Gasteiger partial charge in [0, 0.05) is 134 Å². The first-order valence-corrected chi connectivity index (χ1v) is 42.2. The van der Waals surface area contributed by atoms with Crippen LogP contribution in [0.5, 0.6) is 0 Å². The van der Waals surface area contributed by atoms with E-state index >= 15 is 0 Å². The largest absolute Gasteiger partial charge is 0.309 e. The van der Waals surface area contributed by atoms with E-state index in [4.69, 9.17) is 15.0 Å². The lowest BCUT2D eigenvalue weighted by molar-refractivity contribution is 1.17. The molecule has 0 atom stereocenters. The molecule has 0 spiro atoms. The number of hydrogen-bond donors (Lipinski definition) is 0. The van der Waals surface area contributed by atoms with Crippen molar-refractivity contribution in [2.24, 2.45) is 0 Å². The van der Waals surface area contributed by atoms with E-state index in [9.17, 15) is 0 Å². The van der Waals surface area contributed by atoms with Crippen molar-refractivity contribution < 1.29 is 0 Å². The van der Waals surface area contributed by atoms with Crippen molar-refractivity contribution in [1.29, 1.82) is 0 Å². The number of aromatic nitrogens is 9. The monoisotopic (exact) mass is 1580 g/mol. The van der Waals surface area contributed by atoms with Crippen molar-refractivity contribution in [3.63, 3.8) is 0 Å².